The number of carbonyl (C=O) groups excluding carboxylic acids is 3. The monoisotopic (exact) mass is 599 g/mol. The van der Waals surface area contributed by atoms with E-state index in [1.54, 1.807) is 0 Å². The summed E-state index contributed by atoms with van der Waals surface area (Å²) in [6.07, 6.45) is -2.77. The molecule has 0 radical (unpaired) electrons. The maximum absolute atomic E-state index is 13.9. The summed E-state index contributed by atoms with van der Waals surface area (Å²) >= 11 is 15.6. The van der Waals surface area contributed by atoms with Gasteiger partial charge in [0.2, 0.25) is 0 Å². The van der Waals surface area contributed by atoms with E-state index in [9.17, 15) is 19.2 Å². The van der Waals surface area contributed by atoms with Crippen LogP contribution < -0.4 is 10.2 Å². The van der Waals surface area contributed by atoms with E-state index in [0.717, 1.165) is 14.9 Å². The van der Waals surface area contributed by atoms with Crippen LogP contribution in [0.2, 0.25) is 10.0 Å². The Morgan fingerprint density at radius 1 is 1.14 bits per heavy atom. The fraction of sp³-hybridized carbons (Fsp3) is 0.304. The molecular formula is C23H20BrCl2N3O7. The van der Waals surface area contributed by atoms with Gasteiger partial charge in [0.05, 0.1) is 18.8 Å². The maximum atomic E-state index is 13.9. The van der Waals surface area contributed by atoms with Gasteiger partial charge in [-0.05, 0) is 35.9 Å². The van der Waals surface area contributed by atoms with Crippen LogP contribution in [0.15, 0.2) is 46.9 Å². The lowest BCUT2D eigenvalue weighted by Gasteiger charge is -2.28. The quantitative estimate of drug-likeness (QED) is 0.268. The molecule has 4 amide bonds. The number of anilines is 1. The molecule has 4 rings (SSSR count). The van der Waals surface area contributed by atoms with E-state index >= 15 is 0 Å². The SMILES string of the molecule is O=C(O)OCCNC(=O)O[C@H]1CN2C(=O)N(c3cc(Cl)cc(Cl)c3)C(=O)[C@]2(Cc2ccc(Br)cc2)C1. The van der Waals surface area contributed by atoms with E-state index in [-0.39, 0.29) is 48.3 Å². The summed E-state index contributed by atoms with van der Waals surface area (Å²) in [5.41, 5.74) is -0.233. The maximum Gasteiger partial charge on any atom is 0.505 e. The highest BCUT2D eigenvalue weighted by atomic mass is 79.9. The Kier molecular flexibility index (Phi) is 7.62. The average molecular weight is 601 g/mol. The summed E-state index contributed by atoms with van der Waals surface area (Å²) < 4.78 is 10.6. The summed E-state index contributed by atoms with van der Waals surface area (Å²) in [4.78, 5) is 52.4. The van der Waals surface area contributed by atoms with Gasteiger partial charge in [-0.3, -0.25) is 4.79 Å². The molecule has 2 N–H and O–H groups in total. The van der Waals surface area contributed by atoms with E-state index in [2.05, 4.69) is 26.0 Å². The zero-order valence-electron chi connectivity index (χ0n) is 18.6. The van der Waals surface area contributed by atoms with Gasteiger partial charge in [0.15, 0.2) is 0 Å². The predicted octanol–water partition coefficient (Wildman–Crippen LogP) is 4.70. The number of amides is 4. The minimum atomic E-state index is -1.46. The van der Waals surface area contributed by atoms with Crippen molar-refractivity contribution in [3.63, 3.8) is 0 Å². The van der Waals surface area contributed by atoms with Gasteiger partial charge < -0.3 is 24.8 Å². The molecule has 0 unspecified atom stereocenters. The first-order valence-corrected chi connectivity index (χ1v) is 12.3. The molecule has 0 spiro atoms. The lowest BCUT2D eigenvalue weighted by molar-refractivity contribution is -0.124. The zero-order valence-corrected chi connectivity index (χ0v) is 21.7. The zero-order chi connectivity index (χ0) is 26.0. The summed E-state index contributed by atoms with van der Waals surface area (Å²) in [7, 11) is 0. The highest BCUT2D eigenvalue weighted by molar-refractivity contribution is 9.10. The number of carboxylic acid groups (broad SMARTS) is 1. The lowest BCUT2D eigenvalue weighted by Crippen LogP contribution is -2.47. The molecule has 10 nitrogen and oxygen atoms in total. The summed E-state index contributed by atoms with van der Waals surface area (Å²) in [6, 6.07) is 11.3. The van der Waals surface area contributed by atoms with Crippen LogP contribution in [0.25, 0.3) is 0 Å². The first-order chi connectivity index (χ1) is 17.1. The number of hydrogen-bond acceptors (Lipinski definition) is 6. The molecule has 2 saturated heterocycles. The Morgan fingerprint density at radius 2 is 1.81 bits per heavy atom. The van der Waals surface area contributed by atoms with E-state index in [0.29, 0.717) is 0 Å². The highest BCUT2D eigenvalue weighted by Gasteiger charge is 2.63. The fourth-order valence-corrected chi connectivity index (χ4v) is 5.23. The molecule has 2 fully saturated rings. The predicted molar refractivity (Wildman–Crippen MR) is 133 cm³/mol. The van der Waals surface area contributed by atoms with Gasteiger partial charge in [-0.1, -0.05) is 51.3 Å². The molecule has 0 aromatic heterocycles. The van der Waals surface area contributed by atoms with Crippen LogP contribution in [0, 0.1) is 0 Å². The van der Waals surface area contributed by atoms with Gasteiger partial charge in [0.25, 0.3) is 5.91 Å². The second-order valence-electron chi connectivity index (χ2n) is 8.27. The van der Waals surface area contributed by atoms with Crippen molar-refractivity contribution in [3.8, 4) is 0 Å². The Labute approximate surface area is 224 Å². The molecular weight excluding hydrogens is 581 g/mol. The minimum Gasteiger partial charge on any atom is -0.450 e. The second-order valence-corrected chi connectivity index (χ2v) is 10.1. The number of alkyl carbamates (subject to hydrolysis) is 1. The molecule has 2 aromatic rings. The van der Waals surface area contributed by atoms with Crippen molar-refractivity contribution in [1.82, 2.24) is 10.2 Å². The molecule has 2 aliphatic rings. The lowest BCUT2D eigenvalue weighted by atomic mass is 9.87. The largest absolute Gasteiger partial charge is 0.505 e. The molecule has 2 aromatic carbocycles. The molecule has 2 aliphatic heterocycles. The Balaban J connectivity index is 1.57. The second kappa shape index (κ2) is 10.5. The molecule has 2 atom stereocenters. The topological polar surface area (TPSA) is 125 Å². The number of halogens is 3. The number of ether oxygens (including phenoxy) is 2. The summed E-state index contributed by atoms with van der Waals surface area (Å²) in [5, 5.41) is 11.4. The first-order valence-electron chi connectivity index (χ1n) is 10.8. The van der Waals surface area contributed by atoms with Gasteiger partial charge in [-0.2, -0.15) is 0 Å². The summed E-state index contributed by atoms with van der Waals surface area (Å²) in [6.45, 7) is -0.347. The van der Waals surface area contributed by atoms with Crippen molar-refractivity contribution in [2.45, 2.75) is 24.5 Å². The van der Waals surface area contributed by atoms with Crippen LogP contribution in [-0.4, -0.2) is 65.5 Å². The van der Waals surface area contributed by atoms with Crippen LogP contribution in [-0.2, 0) is 20.7 Å². The van der Waals surface area contributed by atoms with Gasteiger partial charge >= 0.3 is 18.3 Å². The number of urea groups is 1. The summed E-state index contributed by atoms with van der Waals surface area (Å²) in [5.74, 6) is -0.477. The number of nitrogens with zero attached hydrogens (tertiary/aromatic N) is 2. The number of fused-ring (bicyclic) bond motifs is 1. The van der Waals surface area contributed by atoms with Crippen LogP contribution in [0.5, 0.6) is 0 Å². The smallest absolute Gasteiger partial charge is 0.450 e. The average Bonchev–Trinajstić information content (AvgIpc) is 3.24. The van der Waals surface area contributed by atoms with Crippen LogP contribution >= 0.6 is 39.1 Å². The third-order valence-electron chi connectivity index (χ3n) is 5.88. The van der Waals surface area contributed by atoms with Crippen LogP contribution in [0.4, 0.5) is 20.1 Å². The van der Waals surface area contributed by atoms with Crippen molar-refractivity contribution in [1.29, 1.82) is 0 Å². The van der Waals surface area contributed by atoms with Crippen LogP contribution in [0.1, 0.15) is 12.0 Å². The normalized spacial score (nSPS) is 20.9. The van der Waals surface area contributed by atoms with Crippen LogP contribution in [0.3, 0.4) is 0 Å². The van der Waals surface area contributed by atoms with E-state index in [4.69, 9.17) is 33.0 Å². The first kappa shape index (κ1) is 26.1. The molecule has 0 saturated carbocycles. The van der Waals surface area contributed by atoms with Crippen molar-refractivity contribution in [2.75, 3.05) is 24.6 Å². The third kappa shape index (κ3) is 5.37. The number of benzene rings is 2. The number of rotatable bonds is 7. The van der Waals surface area contributed by atoms with E-state index in [1.807, 2.05) is 24.3 Å². The van der Waals surface area contributed by atoms with E-state index < -0.39 is 35.8 Å². The van der Waals surface area contributed by atoms with Gasteiger partial charge in [-0.15, -0.1) is 0 Å². The molecule has 2 heterocycles. The molecule has 13 heteroatoms. The number of nitrogens with one attached hydrogen (secondary N) is 1. The van der Waals surface area contributed by atoms with E-state index in [1.165, 1.54) is 23.1 Å². The van der Waals surface area contributed by atoms with Crippen molar-refractivity contribution in [2.24, 2.45) is 0 Å². The van der Waals surface area contributed by atoms with Gasteiger partial charge in [0, 0.05) is 27.4 Å². The Morgan fingerprint density at radius 3 is 2.44 bits per heavy atom. The minimum absolute atomic E-state index is 0.00898. The number of hydrogen-bond donors (Lipinski definition) is 2. The molecule has 36 heavy (non-hydrogen) atoms. The Hall–Kier alpha value is -3.02. The highest BCUT2D eigenvalue weighted by Crippen LogP contribution is 2.44. The van der Waals surface area contributed by atoms with Crippen molar-refractivity contribution < 1.29 is 33.8 Å². The number of imide groups is 1. The molecule has 190 valence electrons. The molecule has 0 bridgehead atoms. The third-order valence-corrected chi connectivity index (χ3v) is 6.84. The number of carbonyl (C=O) groups is 4. The Bertz CT molecular complexity index is 1190. The molecule has 0 aliphatic carbocycles. The van der Waals surface area contributed by atoms with Gasteiger partial charge in [0.1, 0.15) is 18.2 Å². The van der Waals surface area contributed by atoms with Crippen molar-refractivity contribution in [3.05, 3.63) is 62.5 Å². The fourth-order valence-electron chi connectivity index (χ4n) is 4.45. The van der Waals surface area contributed by atoms with Crippen molar-refractivity contribution >= 4 is 69.0 Å². The standard InChI is InChI=1S/C23H20BrCl2N3O7/c24-14-3-1-13(2-4-14)10-23-11-18(36-20(31)27-5-6-35-22(33)34)12-28(23)21(32)29(19(23)30)17-8-15(25)7-16(26)9-17/h1-4,7-9,18H,5-6,10-12H2,(H,27,31)(H,33,34)/t18-,23+/m1/s1. The van der Waals surface area contributed by atoms with Gasteiger partial charge in [-0.25, -0.2) is 19.3 Å².